The van der Waals surface area contributed by atoms with Crippen LogP contribution in [0, 0.1) is 5.41 Å². The summed E-state index contributed by atoms with van der Waals surface area (Å²) in [5.74, 6) is 5.07. The molecule has 0 unspecified atom stereocenters. The number of aromatic nitrogens is 1. The largest absolute Gasteiger partial charge is 0.456 e. The number of nitrogens with one attached hydrogen (secondary N) is 1. The molecule has 2 heterocycles. The van der Waals surface area contributed by atoms with Gasteiger partial charge in [-0.05, 0) is 58.7 Å². The Hall–Kier alpha value is -6.72. The lowest BCUT2D eigenvalue weighted by Gasteiger charge is -2.26. The van der Waals surface area contributed by atoms with Crippen molar-refractivity contribution in [1.29, 1.82) is 5.41 Å². The van der Waals surface area contributed by atoms with E-state index in [9.17, 15) is 5.41 Å². The Labute approximate surface area is 424 Å². The summed E-state index contributed by atoms with van der Waals surface area (Å²) in [5, 5.41) is 14.4. The topological polar surface area (TPSA) is 66.6 Å². The molecule has 70 heavy (non-hydrogen) atoms. The average Bonchev–Trinajstić information content (AvgIpc) is 3.92. The summed E-state index contributed by atoms with van der Waals surface area (Å²) < 4.78 is 9.06. The van der Waals surface area contributed by atoms with Gasteiger partial charge in [0.2, 0.25) is 0 Å². The number of aliphatic imine (C=N–C) groups is 2. The van der Waals surface area contributed by atoms with Crippen molar-refractivity contribution in [2.45, 2.75) is 0 Å². The van der Waals surface area contributed by atoms with Gasteiger partial charge in [0.05, 0.1) is 11.0 Å². The van der Waals surface area contributed by atoms with Gasteiger partial charge in [0, 0.05) is 56.2 Å². The van der Waals surface area contributed by atoms with Crippen molar-refractivity contribution in [3.63, 3.8) is 0 Å². The first-order valence-electron chi connectivity index (χ1n) is 24.5. The first kappa shape index (κ1) is 48.3. The highest BCUT2D eigenvalue weighted by Gasteiger charge is 2.24. The lowest BCUT2D eigenvalue weighted by Crippen LogP contribution is -2.57. The number of nitrogens with zero attached hydrogens (tertiary/aromatic N) is 3. The highest BCUT2D eigenvalue weighted by molar-refractivity contribution is 6.69. The molecule has 19 heteroatoms. The third-order valence-electron chi connectivity index (χ3n) is 15.7. The van der Waals surface area contributed by atoms with Crippen LogP contribution in [0.25, 0.3) is 66.1 Å². The smallest absolute Gasteiger partial charge is 0.160 e. The number of hydrogen-bond acceptors (Lipinski definition) is 2. The van der Waals surface area contributed by atoms with Crippen LogP contribution in [0.3, 0.4) is 0 Å². The molecule has 1 N–H and O–H groups in total. The quantitative estimate of drug-likeness (QED) is 0.0702. The van der Waals surface area contributed by atoms with Gasteiger partial charge in [-0.1, -0.05) is 105 Å². The van der Waals surface area contributed by atoms with Crippen LogP contribution in [0.2, 0.25) is 0 Å². The van der Waals surface area contributed by atoms with Crippen LogP contribution < -0.4 is 49.2 Å². The van der Waals surface area contributed by atoms with Gasteiger partial charge in [-0.25, -0.2) is 9.98 Å². The van der Waals surface area contributed by atoms with Crippen molar-refractivity contribution in [3.8, 4) is 16.8 Å². The molecule has 0 aliphatic carbocycles. The zero-order valence-electron chi connectivity index (χ0n) is 43.4. The molecule has 7 aromatic carbocycles. The van der Waals surface area contributed by atoms with Crippen molar-refractivity contribution >= 4 is 226 Å². The molecule has 0 aliphatic heterocycles. The van der Waals surface area contributed by atoms with Crippen LogP contribution in [-0.4, -0.2) is 132 Å². The van der Waals surface area contributed by atoms with Crippen molar-refractivity contribution in [2.75, 3.05) is 0 Å². The molecule has 2 aromatic heterocycles. The molecule has 0 fully saturated rings. The first-order valence-corrected chi connectivity index (χ1v) is 24.5. The van der Waals surface area contributed by atoms with E-state index >= 15 is 0 Å². The Morgan fingerprint density at radius 1 is 0.514 bits per heavy atom. The molecule has 0 atom stereocenters. The number of allylic oxidation sites excluding steroid dienone is 4. The summed E-state index contributed by atoms with van der Waals surface area (Å²) in [5.41, 5.74) is 26.5. The van der Waals surface area contributed by atoms with E-state index in [4.69, 9.17) is 14.4 Å². The van der Waals surface area contributed by atoms with E-state index in [2.05, 4.69) is 223 Å². The van der Waals surface area contributed by atoms with E-state index in [1.165, 1.54) is 76.8 Å². The summed E-state index contributed by atoms with van der Waals surface area (Å²) in [6.45, 7) is 0. The fourth-order valence-electron chi connectivity index (χ4n) is 10.7. The van der Waals surface area contributed by atoms with Gasteiger partial charge in [-0.2, -0.15) is 0 Å². The summed E-state index contributed by atoms with van der Waals surface area (Å²) in [6, 6.07) is 38.7. The minimum Gasteiger partial charge on any atom is -0.456 e. The zero-order chi connectivity index (χ0) is 49.9. The van der Waals surface area contributed by atoms with Crippen molar-refractivity contribution in [1.82, 2.24) is 4.57 Å². The summed E-state index contributed by atoms with van der Waals surface area (Å²) in [4.78, 5) is 10.6. The molecule has 9 rings (SSSR count). The van der Waals surface area contributed by atoms with E-state index < -0.39 is 0 Å². The SMILES string of the molecule is B/C=C(B)/C(B)=C(\C(B)=C\B)c1c(B)c(B)c(B)c(C(=N)/N=C(\N=C\c2cccc3oc4cc(-n5c6ccccc6c6cc(-c7ccccc7)ccc65)ccc4c23)c2c(B)c(B)c(B)c(B)c2B)c1B. The summed E-state index contributed by atoms with van der Waals surface area (Å²) in [6.07, 6.45) is 1.92. The van der Waals surface area contributed by atoms with E-state index in [0.717, 1.165) is 77.2 Å². The molecule has 0 aliphatic rings. The zero-order valence-corrected chi connectivity index (χ0v) is 43.4. The van der Waals surface area contributed by atoms with Gasteiger partial charge in [0.15, 0.2) is 11.7 Å². The molecule has 322 valence electrons. The monoisotopic (exact) mass is 889 g/mol. The Morgan fingerprint density at radius 2 is 1.13 bits per heavy atom. The maximum atomic E-state index is 9.97. The van der Waals surface area contributed by atoms with Crippen LogP contribution in [-0.2, 0) is 0 Å². The van der Waals surface area contributed by atoms with Gasteiger partial charge in [-0.3, -0.25) is 5.41 Å². The van der Waals surface area contributed by atoms with Gasteiger partial charge < -0.3 is 8.98 Å². The molecule has 0 saturated heterocycles. The fourth-order valence-corrected chi connectivity index (χ4v) is 10.7. The number of furan rings is 1. The van der Waals surface area contributed by atoms with Crippen molar-refractivity contribution < 1.29 is 4.42 Å². The maximum Gasteiger partial charge on any atom is 0.160 e. The predicted molar refractivity (Wildman–Crippen MR) is 347 cm³/mol. The number of amidine groups is 2. The third-order valence-corrected chi connectivity index (χ3v) is 15.7. The highest BCUT2D eigenvalue weighted by atomic mass is 16.3. The molecular formula is C51H50B14N4O. The van der Waals surface area contributed by atoms with Gasteiger partial charge in [0.25, 0.3) is 0 Å². The molecule has 9 aromatic rings. The average molecular weight is 886 g/mol. The first-order chi connectivity index (χ1) is 33.6. The van der Waals surface area contributed by atoms with Crippen molar-refractivity contribution in [2.24, 2.45) is 9.98 Å². The Morgan fingerprint density at radius 3 is 1.83 bits per heavy atom. The minimum atomic E-state index is 0.194. The lowest BCUT2D eigenvalue weighted by atomic mass is 9.59. The second-order valence-electron chi connectivity index (χ2n) is 19.2. The molecule has 0 amide bonds. The molecule has 0 radical (unpaired) electrons. The van der Waals surface area contributed by atoms with Crippen LogP contribution in [0.15, 0.2) is 152 Å². The van der Waals surface area contributed by atoms with Gasteiger partial charge in [0.1, 0.15) is 121 Å². The normalized spacial score (nSPS) is 13.0. The summed E-state index contributed by atoms with van der Waals surface area (Å²) >= 11 is 0. The lowest BCUT2D eigenvalue weighted by molar-refractivity contribution is 0.668. The van der Waals surface area contributed by atoms with Crippen LogP contribution in [0.1, 0.15) is 22.3 Å². The van der Waals surface area contributed by atoms with E-state index in [1.807, 2.05) is 18.3 Å². The predicted octanol–water partition coefficient (Wildman–Crippen LogP) is -7.87. The number of benzene rings is 7. The van der Waals surface area contributed by atoms with Gasteiger partial charge in [-0.15, -0.1) is 39.3 Å². The van der Waals surface area contributed by atoms with E-state index in [-0.39, 0.29) is 5.84 Å². The second-order valence-corrected chi connectivity index (χ2v) is 19.2. The molecule has 0 saturated carbocycles. The molecule has 0 bridgehead atoms. The third kappa shape index (κ3) is 8.15. The Kier molecular flexibility index (Phi) is 13.3. The fraction of sp³-hybridized carbons (Fsp3) is 0. The Bertz CT molecular complexity index is 3820. The van der Waals surface area contributed by atoms with E-state index in [0.29, 0.717) is 5.84 Å². The van der Waals surface area contributed by atoms with Crippen LogP contribution >= 0.6 is 0 Å². The van der Waals surface area contributed by atoms with Crippen LogP contribution in [0.4, 0.5) is 0 Å². The number of rotatable bonds is 8. The van der Waals surface area contributed by atoms with Crippen LogP contribution in [0.5, 0.6) is 0 Å². The Balaban J connectivity index is 1.20. The summed E-state index contributed by atoms with van der Waals surface area (Å²) in [7, 11) is 30.3. The number of fused-ring (bicyclic) bond motifs is 6. The second kappa shape index (κ2) is 19.2. The maximum absolute atomic E-state index is 9.97. The molecular weight excluding hydrogens is 836 g/mol. The van der Waals surface area contributed by atoms with E-state index in [1.54, 1.807) is 0 Å². The number of hydrogen-bond donors (Lipinski definition) is 1. The number of para-hydroxylation sites is 1. The molecule has 0 spiro atoms. The highest BCUT2D eigenvalue weighted by Crippen LogP contribution is 2.37. The molecule has 5 nitrogen and oxygen atoms in total. The minimum absolute atomic E-state index is 0.194. The van der Waals surface area contributed by atoms with Crippen molar-refractivity contribution in [3.05, 3.63) is 160 Å². The standard InChI is InChI=1S/C51H50B14N4O/c52-19-29(54)36(40(56)30(55)20-53)37-41(57)38(43(59)46(62)42(37)58)50(66)68-51(39-44(60)47(63)49(65)48(64)45(39)61)67-21-24-9-6-12-33-35(24)27-15-14-25(18-34(27)70-33)69-31-11-5-4-10-26(31)28-17-23(13-16-32(28)69)22-7-2-1-3-8-22/h1-21,66H,52-65H2/b29-19-,30-20-,40-36-,66-50?,67-21+,68-51-. The van der Waals surface area contributed by atoms with Gasteiger partial charge >= 0.3 is 0 Å².